The molecule has 110 valence electrons. The van der Waals surface area contributed by atoms with Gasteiger partial charge in [0.1, 0.15) is 11.6 Å². The van der Waals surface area contributed by atoms with Crippen molar-refractivity contribution >= 4 is 23.5 Å². The fourth-order valence-corrected chi connectivity index (χ4v) is 2.25. The Kier molecular flexibility index (Phi) is 4.97. The zero-order valence-corrected chi connectivity index (χ0v) is 11.9. The number of nitrogen functional groups attached to an aromatic ring is 1. The molecule has 1 aliphatic rings. The molecule has 1 fully saturated rings. The van der Waals surface area contributed by atoms with Gasteiger partial charge in [-0.15, -0.1) is 0 Å². The number of nitrogens with one attached hydrogen (secondary N) is 2. The van der Waals surface area contributed by atoms with E-state index in [0.717, 1.165) is 32.5 Å². The first-order valence-corrected chi connectivity index (χ1v) is 7.09. The summed E-state index contributed by atoms with van der Waals surface area (Å²) in [5.74, 6) is 1.75. The minimum Gasteiger partial charge on any atom is -0.370 e. The standard InChI is InChI=1S/C13H22N6O/c1-2-15-10-9-11(18-13(14)17-10)16-6-5-12(20)19-7-3-4-8-19/h9H,2-8H2,1H3,(H4,14,15,16,17,18). The number of likely N-dealkylation sites (tertiary alicyclic amines) is 1. The molecule has 0 saturated carbocycles. The van der Waals surface area contributed by atoms with Gasteiger partial charge >= 0.3 is 0 Å². The van der Waals surface area contributed by atoms with Crippen molar-refractivity contribution in [3.8, 4) is 0 Å². The number of aromatic nitrogens is 2. The van der Waals surface area contributed by atoms with Crippen LogP contribution in [0, 0.1) is 0 Å². The fraction of sp³-hybridized carbons (Fsp3) is 0.615. The molecule has 2 rings (SSSR count). The van der Waals surface area contributed by atoms with E-state index in [-0.39, 0.29) is 11.9 Å². The van der Waals surface area contributed by atoms with Crippen molar-refractivity contribution in [2.24, 2.45) is 0 Å². The summed E-state index contributed by atoms with van der Waals surface area (Å²) in [6.45, 7) is 5.09. The largest absolute Gasteiger partial charge is 0.370 e. The highest BCUT2D eigenvalue weighted by Gasteiger charge is 2.17. The van der Waals surface area contributed by atoms with Crippen molar-refractivity contribution in [3.05, 3.63) is 6.07 Å². The van der Waals surface area contributed by atoms with Gasteiger partial charge in [-0.3, -0.25) is 4.79 Å². The minimum atomic E-state index is 0.198. The van der Waals surface area contributed by atoms with E-state index in [2.05, 4.69) is 20.6 Å². The second-order valence-corrected chi connectivity index (χ2v) is 4.79. The van der Waals surface area contributed by atoms with Crippen molar-refractivity contribution in [1.82, 2.24) is 14.9 Å². The first kappa shape index (κ1) is 14.4. The minimum absolute atomic E-state index is 0.198. The predicted molar refractivity (Wildman–Crippen MR) is 79.5 cm³/mol. The summed E-state index contributed by atoms with van der Waals surface area (Å²) in [4.78, 5) is 22.0. The van der Waals surface area contributed by atoms with Crippen LogP contribution in [-0.2, 0) is 4.79 Å². The highest BCUT2D eigenvalue weighted by Crippen LogP contribution is 2.13. The first-order chi connectivity index (χ1) is 9.69. The number of rotatable bonds is 6. The van der Waals surface area contributed by atoms with Gasteiger partial charge < -0.3 is 21.3 Å². The molecule has 1 aliphatic heterocycles. The molecule has 1 aromatic rings. The van der Waals surface area contributed by atoms with Crippen LogP contribution in [0.5, 0.6) is 0 Å². The number of hydrogen-bond acceptors (Lipinski definition) is 6. The number of anilines is 3. The van der Waals surface area contributed by atoms with Crippen LogP contribution >= 0.6 is 0 Å². The Balaban J connectivity index is 1.82. The Morgan fingerprint density at radius 3 is 2.60 bits per heavy atom. The van der Waals surface area contributed by atoms with E-state index < -0.39 is 0 Å². The summed E-state index contributed by atoms with van der Waals surface area (Å²) < 4.78 is 0. The molecule has 0 spiro atoms. The maximum Gasteiger partial charge on any atom is 0.224 e. The number of nitrogens with two attached hydrogens (primary N) is 1. The maximum absolute atomic E-state index is 11.9. The van der Waals surface area contributed by atoms with Gasteiger partial charge in [0.2, 0.25) is 11.9 Å². The molecule has 7 nitrogen and oxygen atoms in total. The maximum atomic E-state index is 11.9. The van der Waals surface area contributed by atoms with Crippen LogP contribution in [0.2, 0.25) is 0 Å². The molecule has 1 saturated heterocycles. The lowest BCUT2D eigenvalue weighted by Crippen LogP contribution is -2.29. The van der Waals surface area contributed by atoms with Gasteiger partial charge in [0.15, 0.2) is 0 Å². The van der Waals surface area contributed by atoms with Crippen molar-refractivity contribution in [3.63, 3.8) is 0 Å². The molecule has 20 heavy (non-hydrogen) atoms. The predicted octanol–water partition coefficient (Wildman–Crippen LogP) is 0.915. The summed E-state index contributed by atoms with van der Waals surface area (Å²) in [5.41, 5.74) is 5.64. The van der Waals surface area contributed by atoms with E-state index in [1.165, 1.54) is 0 Å². The lowest BCUT2D eigenvalue weighted by atomic mass is 10.3. The normalized spacial score (nSPS) is 14.3. The smallest absolute Gasteiger partial charge is 0.224 e. The second-order valence-electron chi connectivity index (χ2n) is 4.79. The monoisotopic (exact) mass is 278 g/mol. The Hall–Kier alpha value is -2.05. The Labute approximate surface area is 119 Å². The summed E-state index contributed by atoms with van der Waals surface area (Å²) in [6, 6.07) is 1.79. The molecule has 0 atom stereocenters. The second kappa shape index (κ2) is 6.93. The number of carbonyl (C=O) groups is 1. The highest BCUT2D eigenvalue weighted by atomic mass is 16.2. The molecule has 7 heteroatoms. The van der Waals surface area contributed by atoms with E-state index in [9.17, 15) is 4.79 Å². The van der Waals surface area contributed by atoms with E-state index in [1.54, 1.807) is 6.07 Å². The Bertz CT molecular complexity index is 458. The van der Waals surface area contributed by atoms with E-state index in [1.807, 2.05) is 11.8 Å². The summed E-state index contributed by atoms with van der Waals surface area (Å²) in [7, 11) is 0. The highest BCUT2D eigenvalue weighted by molar-refractivity contribution is 5.77. The third-order valence-corrected chi connectivity index (χ3v) is 3.21. The molecule has 4 N–H and O–H groups in total. The Morgan fingerprint density at radius 2 is 1.95 bits per heavy atom. The molecular weight excluding hydrogens is 256 g/mol. The number of carbonyl (C=O) groups excluding carboxylic acids is 1. The van der Waals surface area contributed by atoms with Crippen molar-refractivity contribution < 1.29 is 4.79 Å². The van der Waals surface area contributed by atoms with Crippen LogP contribution in [0.3, 0.4) is 0 Å². The molecule has 1 amide bonds. The molecular formula is C13H22N6O. The zero-order chi connectivity index (χ0) is 14.4. The quantitative estimate of drug-likeness (QED) is 0.716. The van der Waals surface area contributed by atoms with Crippen molar-refractivity contribution in [2.75, 3.05) is 42.5 Å². The van der Waals surface area contributed by atoms with Crippen molar-refractivity contribution in [1.29, 1.82) is 0 Å². The lowest BCUT2D eigenvalue weighted by Gasteiger charge is -2.15. The first-order valence-electron chi connectivity index (χ1n) is 7.09. The van der Waals surface area contributed by atoms with Crippen LogP contribution in [0.15, 0.2) is 6.07 Å². The fourth-order valence-electron chi connectivity index (χ4n) is 2.25. The number of amides is 1. The van der Waals surface area contributed by atoms with Gasteiger partial charge in [0.25, 0.3) is 0 Å². The van der Waals surface area contributed by atoms with E-state index in [0.29, 0.717) is 24.6 Å². The van der Waals surface area contributed by atoms with Gasteiger partial charge in [-0.1, -0.05) is 0 Å². The molecule has 0 aromatic carbocycles. The van der Waals surface area contributed by atoms with Crippen LogP contribution in [0.4, 0.5) is 17.6 Å². The van der Waals surface area contributed by atoms with Gasteiger partial charge in [-0.05, 0) is 19.8 Å². The summed E-state index contributed by atoms with van der Waals surface area (Å²) >= 11 is 0. The Morgan fingerprint density at radius 1 is 1.30 bits per heavy atom. The van der Waals surface area contributed by atoms with Gasteiger partial charge in [-0.2, -0.15) is 9.97 Å². The molecule has 0 radical (unpaired) electrons. The van der Waals surface area contributed by atoms with Gasteiger partial charge in [0, 0.05) is 38.7 Å². The van der Waals surface area contributed by atoms with E-state index >= 15 is 0 Å². The van der Waals surface area contributed by atoms with E-state index in [4.69, 9.17) is 5.73 Å². The average Bonchev–Trinajstić information content (AvgIpc) is 2.92. The lowest BCUT2D eigenvalue weighted by molar-refractivity contribution is -0.129. The molecule has 2 heterocycles. The molecule has 1 aromatic heterocycles. The topological polar surface area (TPSA) is 96.2 Å². The summed E-state index contributed by atoms with van der Waals surface area (Å²) in [6.07, 6.45) is 2.71. The van der Waals surface area contributed by atoms with Crippen LogP contribution in [-0.4, -0.2) is 47.0 Å². The third-order valence-electron chi connectivity index (χ3n) is 3.21. The third kappa shape index (κ3) is 3.97. The average molecular weight is 278 g/mol. The van der Waals surface area contributed by atoms with Crippen LogP contribution in [0.1, 0.15) is 26.2 Å². The zero-order valence-electron chi connectivity index (χ0n) is 11.9. The van der Waals surface area contributed by atoms with Crippen LogP contribution < -0.4 is 16.4 Å². The SMILES string of the molecule is CCNc1cc(NCCC(=O)N2CCCC2)nc(N)n1. The molecule has 0 aliphatic carbocycles. The van der Waals surface area contributed by atoms with Crippen molar-refractivity contribution in [2.45, 2.75) is 26.2 Å². The number of hydrogen-bond donors (Lipinski definition) is 3. The summed E-state index contributed by atoms with van der Waals surface area (Å²) in [5, 5.41) is 6.21. The molecule has 0 unspecified atom stereocenters. The van der Waals surface area contributed by atoms with Crippen LogP contribution in [0.25, 0.3) is 0 Å². The molecule has 0 bridgehead atoms. The van der Waals surface area contributed by atoms with Gasteiger partial charge in [0.05, 0.1) is 0 Å². The van der Waals surface area contributed by atoms with Gasteiger partial charge in [-0.25, -0.2) is 0 Å². The number of nitrogens with zero attached hydrogens (tertiary/aromatic N) is 3.